The predicted molar refractivity (Wildman–Crippen MR) is 124 cm³/mol. The summed E-state index contributed by atoms with van der Waals surface area (Å²) < 4.78 is 28.5. The molecular weight excluding hydrogens is 492 g/mol. The van der Waals surface area contributed by atoms with E-state index in [9.17, 15) is 18.0 Å². The summed E-state index contributed by atoms with van der Waals surface area (Å²) in [5.74, 6) is -0.453. The summed E-state index contributed by atoms with van der Waals surface area (Å²) in [4.78, 5) is 31.9. The van der Waals surface area contributed by atoms with Gasteiger partial charge in [-0.1, -0.05) is 17.7 Å². The molecule has 1 N–H and O–H groups in total. The van der Waals surface area contributed by atoms with Crippen LogP contribution in [0.4, 0.5) is 0 Å². The van der Waals surface area contributed by atoms with Gasteiger partial charge in [-0.2, -0.15) is 4.31 Å². The highest BCUT2D eigenvalue weighted by Gasteiger charge is 2.34. The summed E-state index contributed by atoms with van der Waals surface area (Å²) in [6.45, 7) is 1.17. The number of carbonyl (C=O) groups excluding carboxylic acids is 2. The van der Waals surface area contributed by atoms with Crippen LogP contribution >= 0.6 is 34.3 Å². The zero-order chi connectivity index (χ0) is 22.5. The van der Waals surface area contributed by atoms with E-state index in [1.165, 1.54) is 15.6 Å². The number of aromatic nitrogens is 1. The van der Waals surface area contributed by atoms with Crippen LogP contribution < -0.4 is 5.32 Å². The fraction of sp³-hybridized carbons (Fsp3) is 0.350. The molecule has 0 spiro atoms. The van der Waals surface area contributed by atoms with Crippen molar-refractivity contribution in [2.24, 2.45) is 0 Å². The van der Waals surface area contributed by atoms with Crippen LogP contribution in [0.15, 0.2) is 28.5 Å². The first kappa shape index (κ1) is 21.8. The van der Waals surface area contributed by atoms with Crippen LogP contribution in [0.3, 0.4) is 0 Å². The van der Waals surface area contributed by atoms with Crippen molar-refractivity contribution in [3.05, 3.63) is 44.9 Å². The maximum Gasteiger partial charge on any atom is 0.271 e. The summed E-state index contributed by atoms with van der Waals surface area (Å²) in [6, 6.07) is 6.86. The van der Waals surface area contributed by atoms with Crippen molar-refractivity contribution < 1.29 is 18.0 Å². The summed E-state index contributed by atoms with van der Waals surface area (Å²) in [5.41, 5.74) is 0.445. The Morgan fingerprint density at radius 1 is 1.16 bits per heavy atom. The maximum atomic E-state index is 13.1. The molecule has 2 aliphatic heterocycles. The van der Waals surface area contributed by atoms with Gasteiger partial charge in [0.1, 0.15) is 14.9 Å². The van der Waals surface area contributed by atoms with Crippen molar-refractivity contribution in [1.82, 2.24) is 19.5 Å². The molecule has 4 heterocycles. The van der Waals surface area contributed by atoms with Crippen LogP contribution in [0.1, 0.15) is 26.8 Å². The van der Waals surface area contributed by atoms with E-state index in [0.717, 1.165) is 39.1 Å². The molecular formula is C20H19ClN4O4S3. The smallest absolute Gasteiger partial charge is 0.271 e. The minimum absolute atomic E-state index is 0.174. The van der Waals surface area contributed by atoms with E-state index in [1.54, 1.807) is 29.2 Å². The zero-order valence-electron chi connectivity index (χ0n) is 16.8. The Kier molecular flexibility index (Phi) is 5.70. The second kappa shape index (κ2) is 8.38. The number of sulfonamides is 1. The molecule has 2 aliphatic rings. The molecule has 3 aromatic rings. The van der Waals surface area contributed by atoms with Gasteiger partial charge in [0.05, 0.1) is 13.1 Å². The molecule has 32 heavy (non-hydrogen) atoms. The summed E-state index contributed by atoms with van der Waals surface area (Å²) in [6.07, 6.45) is 1.64. The molecule has 2 amide bonds. The minimum atomic E-state index is -3.78. The lowest BCUT2D eigenvalue weighted by Gasteiger charge is -2.32. The minimum Gasteiger partial charge on any atom is -0.351 e. The number of thiophene rings is 1. The van der Waals surface area contributed by atoms with Crippen molar-refractivity contribution in [2.75, 3.05) is 26.2 Å². The highest BCUT2D eigenvalue weighted by Crippen LogP contribution is 2.33. The first-order valence-electron chi connectivity index (χ1n) is 10.0. The number of piperazine rings is 1. The molecule has 1 fully saturated rings. The number of fused-ring (bicyclic) bond motifs is 2. The van der Waals surface area contributed by atoms with Gasteiger partial charge >= 0.3 is 0 Å². The largest absolute Gasteiger partial charge is 0.351 e. The molecule has 0 atom stereocenters. The topological polar surface area (TPSA) is 99.7 Å². The molecule has 1 aromatic carbocycles. The van der Waals surface area contributed by atoms with Crippen LogP contribution in [0.2, 0.25) is 5.02 Å². The number of halogens is 1. The maximum absolute atomic E-state index is 13.1. The van der Waals surface area contributed by atoms with E-state index in [-0.39, 0.29) is 42.2 Å². The van der Waals surface area contributed by atoms with Gasteiger partial charge in [-0.05, 0) is 36.4 Å². The fourth-order valence-electron chi connectivity index (χ4n) is 3.81. The lowest BCUT2D eigenvalue weighted by atomic mass is 10.2. The van der Waals surface area contributed by atoms with Crippen LogP contribution in [-0.2, 0) is 27.8 Å². The van der Waals surface area contributed by atoms with Gasteiger partial charge < -0.3 is 10.2 Å². The Morgan fingerprint density at radius 2 is 2.00 bits per heavy atom. The summed E-state index contributed by atoms with van der Waals surface area (Å²) in [7, 11) is -3.78. The van der Waals surface area contributed by atoms with Gasteiger partial charge in [0, 0.05) is 34.2 Å². The van der Waals surface area contributed by atoms with Crippen LogP contribution in [0, 0.1) is 0 Å². The number of nitrogens with zero attached hydrogens (tertiary/aromatic N) is 3. The monoisotopic (exact) mass is 510 g/mol. The molecule has 0 saturated carbocycles. The standard InChI is InChI=1S/C20H19ClN4O4S3/c21-13-4-3-12-8-18(31-15(12)9-13)32(28,29)25-7-6-24(17(26)11-25)10-16-23-19-14(30-16)2-1-5-22-20(19)27/h3-4,8-9H,1-2,5-7,10-11H2,(H,22,27). The predicted octanol–water partition coefficient (Wildman–Crippen LogP) is 2.72. The molecule has 0 aliphatic carbocycles. The summed E-state index contributed by atoms with van der Waals surface area (Å²) in [5, 5.41) is 4.86. The molecule has 12 heteroatoms. The van der Waals surface area contributed by atoms with E-state index in [0.29, 0.717) is 22.3 Å². The number of thiazole rings is 1. The SMILES string of the molecule is O=C1NCCCc2sc(CN3CCN(S(=O)(=O)c4cc5ccc(Cl)cc5s4)CC3=O)nc21. The third-order valence-electron chi connectivity index (χ3n) is 5.49. The van der Waals surface area contributed by atoms with Gasteiger partial charge in [0.2, 0.25) is 5.91 Å². The normalized spacial score (nSPS) is 18.0. The van der Waals surface area contributed by atoms with E-state index in [4.69, 9.17) is 11.6 Å². The molecule has 0 bridgehead atoms. The Balaban J connectivity index is 1.30. The lowest BCUT2D eigenvalue weighted by molar-refractivity contribution is -0.134. The third-order valence-corrected chi connectivity index (χ3v) is 10.2. The number of carbonyl (C=O) groups is 2. The number of amides is 2. The number of aryl methyl sites for hydroxylation is 1. The summed E-state index contributed by atoms with van der Waals surface area (Å²) >= 11 is 8.61. The van der Waals surface area contributed by atoms with Crippen LogP contribution in [-0.4, -0.2) is 60.6 Å². The van der Waals surface area contributed by atoms with Gasteiger partial charge in [-0.25, -0.2) is 13.4 Å². The second-order valence-corrected chi connectivity index (χ2v) is 12.5. The quantitative estimate of drug-likeness (QED) is 0.581. The highest BCUT2D eigenvalue weighted by molar-refractivity contribution is 7.91. The molecule has 0 unspecified atom stereocenters. The van der Waals surface area contributed by atoms with Crippen molar-refractivity contribution in [1.29, 1.82) is 0 Å². The van der Waals surface area contributed by atoms with Crippen molar-refractivity contribution >= 4 is 66.2 Å². The van der Waals surface area contributed by atoms with Gasteiger partial charge in [-0.3, -0.25) is 9.59 Å². The first-order chi connectivity index (χ1) is 15.3. The third kappa shape index (κ3) is 4.03. The number of rotatable bonds is 4. The molecule has 168 valence electrons. The fourth-order valence-corrected chi connectivity index (χ4v) is 8.14. The number of hydrogen-bond acceptors (Lipinski definition) is 7. The molecule has 1 saturated heterocycles. The molecule has 0 radical (unpaired) electrons. The average molecular weight is 511 g/mol. The number of benzene rings is 1. The van der Waals surface area contributed by atoms with Gasteiger partial charge in [-0.15, -0.1) is 22.7 Å². The van der Waals surface area contributed by atoms with Gasteiger partial charge in [0.25, 0.3) is 15.9 Å². The average Bonchev–Trinajstić information content (AvgIpc) is 3.32. The van der Waals surface area contributed by atoms with E-state index in [2.05, 4.69) is 10.3 Å². The highest BCUT2D eigenvalue weighted by atomic mass is 35.5. The lowest BCUT2D eigenvalue weighted by Crippen LogP contribution is -2.51. The van der Waals surface area contributed by atoms with Crippen molar-refractivity contribution in [2.45, 2.75) is 23.6 Å². The number of hydrogen-bond donors (Lipinski definition) is 1. The second-order valence-electron chi connectivity index (χ2n) is 7.64. The molecule has 5 rings (SSSR count). The Bertz CT molecular complexity index is 1330. The van der Waals surface area contributed by atoms with Crippen LogP contribution in [0.5, 0.6) is 0 Å². The van der Waals surface area contributed by atoms with Crippen molar-refractivity contribution in [3.8, 4) is 0 Å². The molecule has 2 aromatic heterocycles. The van der Waals surface area contributed by atoms with E-state index in [1.807, 2.05) is 0 Å². The van der Waals surface area contributed by atoms with E-state index < -0.39 is 10.0 Å². The van der Waals surface area contributed by atoms with E-state index >= 15 is 0 Å². The Morgan fingerprint density at radius 3 is 2.81 bits per heavy atom. The zero-order valence-corrected chi connectivity index (χ0v) is 20.0. The Labute approximate surface area is 197 Å². The Hall–Kier alpha value is -2.05. The molecule has 8 nitrogen and oxygen atoms in total. The number of nitrogens with one attached hydrogen (secondary N) is 1. The van der Waals surface area contributed by atoms with Crippen molar-refractivity contribution in [3.63, 3.8) is 0 Å². The van der Waals surface area contributed by atoms with Crippen LogP contribution in [0.25, 0.3) is 10.1 Å². The van der Waals surface area contributed by atoms with Gasteiger partial charge in [0.15, 0.2) is 0 Å². The first-order valence-corrected chi connectivity index (χ1v) is 13.5.